The predicted octanol–water partition coefficient (Wildman–Crippen LogP) is 0.604. The van der Waals surface area contributed by atoms with Crippen LogP contribution in [0.25, 0.3) is 0 Å². The molecule has 0 spiro atoms. The maximum atomic E-state index is 11.4. The maximum Gasteiger partial charge on any atom is 0.253 e. The second-order valence-electron chi connectivity index (χ2n) is 3.18. The number of rotatable bonds is 3. The fraction of sp³-hybridized carbons (Fsp3) is 0.444. The molecule has 5 nitrogen and oxygen atoms in total. The van der Waals surface area contributed by atoms with E-state index >= 15 is 0 Å². The highest BCUT2D eigenvalue weighted by molar-refractivity contribution is 7.78. The highest BCUT2D eigenvalue weighted by Gasteiger charge is 2.13. The van der Waals surface area contributed by atoms with E-state index < -0.39 is 11.1 Å². The van der Waals surface area contributed by atoms with Crippen molar-refractivity contribution >= 4 is 11.1 Å². The second kappa shape index (κ2) is 4.59. The number of pyridine rings is 1. The number of aryl methyl sites for hydroxylation is 1. The number of aromatic hydroxyl groups is 1. The number of aromatic nitrogens is 1. The van der Waals surface area contributed by atoms with Crippen LogP contribution in [0.5, 0.6) is 5.88 Å². The molecule has 2 N–H and O–H groups in total. The second-order valence-corrected chi connectivity index (χ2v) is 4.11. The molecular weight excluding hydrogens is 218 g/mol. The Kier molecular flexibility index (Phi) is 3.65. The molecule has 15 heavy (non-hydrogen) atoms. The Bertz CT molecular complexity index is 452. The van der Waals surface area contributed by atoms with Gasteiger partial charge in [0.25, 0.3) is 5.56 Å². The summed E-state index contributed by atoms with van der Waals surface area (Å²) >= 11 is -2.03. The van der Waals surface area contributed by atoms with E-state index in [1.54, 1.807) is 13.8 Å². The summed E-state index contributed by atoms with van der Waals surface area (Å²) in [6.07, 6.45) is 0. The Morgan fingerprint density at radius 2 is 2.13 bits per heavy atom. The number of hydrogen-bond donors (Lipinski definition) is 2. The third kappa shape index (κ3) is 2.45. The topological polar surface area (TPSA) is 79.5 Å². The number of nitrogens with zero attached hydrogens (tertiary/aromatic N) is 1. The molecule has 1 unspecified atom stereocenters. The van der Waals surface area contributed by atoms with Gasteiger partial charge < -0.3 is 9.66 Å². The van der Waals surface area contributed by atoms with Gasteiger partial charge in [0.1, 0.15) is 0 Å². The van der Waals surface area contributed by atoms with Crippen molar-refractivity contribution in [1.29, 1.82) is 0 Å². The molecule has 1 rings (SSSR count). The Morgan fingerprint density at radius 3 is 2.60 bits per heavy atom. The smallest absolute Gasteiger partial charge is 0.253 e. The van der Waals surface area contributed by atoms with Gasteiger partial charge in [-0.3, -0.25) is 9.36 Å². The molecule has 0 radical (unpaired) electrons. The van der Waals surface area contributed by atoms with Crippen LogP contribution in [0, 0.1) is 6.92 Å². The summed E-state index contributed by atoms with van der Waals surface area (Å²) in [6.45, 7) is 3.68. The molecule has 0 saturated carbocycles. The van der Waals surface area contributed by atoms with E-state index in [-0.39, 0.29) is 17.2 Å². The lowest BCUT2D eigenvalue weighted by molar-refractivity contribution is 0.405. The van der Waals surface area contributed by atoms with Gasteiger partial charge in [0.05, 0.1) is 5.75 Å². The van der Waals surface area contributed by atoms with E-state index in [0.29, 0.717) is 17.7 Å². The van der Waals surface area contributed by atoms with Crippen molar-refractivity contribution in [2.24, 2.45) is 0 Å². The molecule has 6 heteroatoms. The van der Waals surface area contributed by atoms with E-state index in [2.05, 4.69) is 0 Å². The van der Waals surface area contributed by atoms with Gasteiger partial charge in [-0.15, -0.1) is 0 Å². The molecular formula is C9H13NO4S. The molecule has 0 amide bonds. The first-order valence-electron chi connectivity index (χ1n) is 4.47. The van der Waals surface area contributed by atoms with Gasteiger partial charge in [0, 0.05) is 18.2 Å². The van der Waals surface area contributed by atoms with E-state index in [9.17, 15) is 14.1 Å². The third-order valence-corrected chi connectivity index (χ3v) is 2.73. The van der Waals surface area contributed by atoms with Crippen LogP contribution in [0.15, 0.2) is 10.9 Å². The number of hydrogen-bond acceptors (Lipinski definition) is 3. The lowest BCUT2D eigenvalue weighted by Crippen LogP contribution is -2.20. The van der Waals surface area contributed by atoms with Crippen LogP contribution in [0.2, 0.25) is 0 Å². The molecule has 84 valence electrons. The van der Waals surface area contributed by atoms with Gasteiger partial charge in [-0.25, -0.2) is 4.21 Å². The summed E-state index contributed by atoms with van der Waals surface area (Å²) in [4.78, 5) is 11.4. The SMILES string of the molecule is CCn1c(O)c(CS(=O)O)c(C)cc1=O. The van der Waals surface area contributed by atoms with Crippen molar-refractivity contribution in [3.05, 3.63) is 27.5 Å². The summed E-state index contributed by atoms with van der Waals surface area (Å²) in [6, 6.07) is 1.35. The lowest BCUT2D eigenvalue weighted by atomic mass is 10.2. The minimum atomic E-state index is -2.03. The average molecular weight is 231 g/mol. The summed E-state index contributed by atoms with van der Waals surface area (Å²) in [5.74, 6) is -0.386. The van der Waals surface area contributed by atoms with Gasteiger partial charge in [-0.05, 0) is 19.4 Å². The van der Waals surface area contributed by atoms with E-state index in [0.717, 1.165) is 4.57 Å². The molecule has 1 aromatic heterocycles. The van der Waals surface area contributed by atoms with Crippen LogP contribution in [0.3, 0.4) is 0 Å². The van der Waals surface area contributed by atoms with Crippen LogP contribution in [0.1, 0.15) is 18.1 Å². The molecule has 0 aromatic carbocycles. The van der Waals surface area contributed by atoms with Crippen LogP contribution in [0.4, 0.5) is 0 Å². The molecule has 0 fully saturated rings. The van der Waals surface area contributed by atoms with Gasteiger partial charge in [-0.1, -0.05) is 0 Å². The summed E-state index contributed by atoms with van der Waals surface area (Å²) in [7, 11) is 0. The summed E-state index contributed by atoms with van der Waals surface area (Å²) < 4.78 is 20.6. The zero-order chi connectivity index (χ0) is 11.6. The van der Waals surface area contributed by atoms with Crippen molar-refractivity contribution in [1.82, 2.24) is 4.57 Å². The van der Waals surface area contributed by atoms with E-state index in [1.807, 2.05) is 0 Å². The fourth-order valence-corrected chi connectivity index (χ4v) is 2.01. The van der Waals surface area contributed by atoms with Gasteiger partial charge >= 0.3 is 0 Å². The van der Waals surface area contributed by atoms with Crippen molar-refractivity contribution < 1.29 is 13.9 Å². The molecule has 0 aliphatic heterocycles. The van der Waals surface area contributed by atoms with Gasteiger partial charge in [0.2, 0.25) is 0 Å². The van der Waals surface area contributed by atoms with Gasteiger partial charge in [-0.2, -0.15) is 0 Å². The maximum absolute atomic E-state index is 11.4. The van der Waals surface area contributed by atoms with Gasteiger partial charge in [0.15, 0.2) is 17.0 Å². The van der Waals surface area contributed by atoms with E-state index in [1.165, 1.54) is 6.07 Å². The first kappa shape index (κ1) is 11.9. The zero-order valence-electron chi connectivity index (χ0n) is 8.56. The highest BCUT2D eigenvalue weighted by Crippen LogP contribution is 2.19. The minimum Gasteiger partial charge on any atom is -0.494 e. The lowest BCUT2D eigenvalue weighted by Gasteiger charge is -2.11. The van der Waals surface area contributed by atoms with Crippen LogP contribution in [-0.2, 0) is 23.4 Å². The van der Waals surface area contributed by atoms with Crippen molar-refractivity contribution in [2.45, 2.75) is 26.1 Å². The Hall–Kier alpha value is -1.14. The van der Waals surface area contributed by atoms with Crippen molar-refractivity contribution in [2.75, 3.05) is 0 Å². The normalized spacial score (nSPS) is 12.7. The third-order valence-electron chi connectivity index (χ3n) is 2.19. The fourth-order valence-electron chi connectivity index (χ4n) is 1.40. The van der Waals surface area contributed by atoms with Crippen LogP contribution in [-0.4, -0.2) is 18.4 Å². The summed E-state index contributed by atoms with van der Waals surface area (Å²) in [5, 5.41) is 9.72. The minimum absolute atomic E-state index is 0.169. The Balaban J connectivity index is 3.38. The molecule has 1 aromatic rings. The van der Waals surface area contributed by atoms with Crippen molar-refractivity contribution in [3.8, 4) is 5.88 Å². The largest absolute Gasteiger partial charge is 0.494 e. The van der Waals surface area contributed by atoms with Crippen LogP contribution >= 0.6 is 0 Å². The van der Waals surface area contributed by atoms with E-state index in [4.69, 9.17) is 4.55 Å². The molecule has 0 aliphatic rings. The quantitative estimate of drug-likeness (QED) is 0.747. The highest BCUT2D eigenvalue weighted by atomic mass is 32.2. The predicted molar refractivity (Wildman–Crippen MR) is 57.3 cm³/mol. The summed E-state index contributed by atoms with van der Waals surface area (Å²) in [5.41, 5.74) is 0.571. The monoisotopic (exact) mass is 231 g/mol. The Labute approximate surface area is 89.7 Å². The molecule has 1 heterocycles. The van der Waals surface area contributed by atoms with Crippen LogP contribution < -0.4 is 5.56 Å². The first-order chi connectivity index (χ1) is 6.97. The zero-order valence-corrected chi connectivity index (χ0v) is 9.37. The molecule has 0 aliphatic carbocycles. The molecule has 0 bridgehead atoms. The Morgan fingerprint density at radius 1 is 1.53 bits per heavy atom. The molecule has 1 atom stereocenters. The standard InChI is InChI=1S/C9H13NO4S/c1-3-10-8(11)4-6(2)7(9(10)12)5-15(13)14/h4,12H,3,5H2,1-2H3,(H,13,14). The average Bonchev–Trinajstić information content (AvgIpc) is 2.12. The molecule has 0 saturated heterocycles. The first-order valence-corrected chi connectivity index (χ1v) is 5.74. The van der Waals surface area contributed by atoms with Crippen molar-refractivity contribution in [3.63, 3.8) is 0 Å².